The summed E-state index contributed by atoms with van der Waals surface area (Å²) in [7, 11) is 0. The Morgan fingerprint density at radius 1 is 1.32 bits per heavy atom. The molecule has 1 saturated carbocycles. The molecule has 0 aromatic carbocycles. The zero-order valence-electron chi connectivity index (χ0n) is 12.1. The largest absolute Gasteiger partial charge is 0.447 e. The fourth-order valence-corrected chi connectivity index (χ4v) is 3.14. The molecule has 2 aliphatic rings. The van der Waals surface area contributed by atoms with Gasteiger partial charge in [-0.3, -0.25) is 4.79 Å². The summed E-state index contributed by atoms with van der Waals surface area (Å²) in [5.74, 6) is 0.880. The van der Waals surface area contributed by atoms with Crippen LogP contribution in [0.5, 0.6) is 0 Å². The summed E-state index contributed by atoms with van der Waals surface area (Å²) in [6.45, 7) is 4.40. The smallest absolute Gasteiger partial charge is 0.416 e. The molecule has 108 valence electrons. The first-order valence-corrected chi connectivity index (χ1v) is 7.58. The maximum absolute atomic E-state index is 12.2. The van der Waals surface area contributed by atoms with Crippen LogP contribution >= 0.6 is 0 Å². The highest BCUT2D eigenvalue weighted by Gasteiger charge is 2.39. The van der Waals surface area contributed by atoms with Crippen LogP contribution in [0.4, 0.5) is 4.79 Å². The Morgan fingerprint density at radius 2 is 2.00 bits per heavy atom. The first-order chi connectivity index (χ1) is 9.09. The minimum absolute atomic E-state index is 0.0493. The molecule has 0 aromatic rings. The van der Waals surface area contributed by atoms with Crippen LogP contribution in [0.3, 0.4) is 0 Å². The second-order valence-electron chi connectivity index (χ2n) is 6.19. The number of ether oxygens (including phenoxy) is 1. The topological polar surface area (TPSA) is 46.6 Å². The third-order valence-electron chi connectivity index (χ3n) is 4.44. The number of amides is 2. The standard InChI is InChI=1S/C15H25NO3/c1-11(2)13-10-19-15(18)16(13)14(17)9-8-12-6-4-3-5-7-12/h11-13H,3-10H2,1-2H3/t13-/m1/s1. The zero-order chi connectivity index (χ0) is 13.8. The van der Waals surface area contributed by atoms with Gasteiger partial charge in [-0.2, -0.15) is 0 Å². The van der Waals surface area contributed by atoms with E-state index in [-0.39, 0.29) is 17.9 Å². The number of nitrogens with zero attached hydrogens (tertiary/aromatic N) is 1. The number of cyclic esters (lactones) is 1. The van der Waals surface area contributed by atoms with Crippen molar-refractivity contribution in [2.24, 2.45) is 11.8 Å². The molecule has 0 radical (unpaired) electrons. The molecule has 4 nitrogen and oxygen atoms in total. The Kier molecular flexibility index (Phi) is 4.83. The van der Waals surface area contributed by atoms with E-state index in [4.69, 9.17) is 4.74 Å². The second kappa shape index (κ2) is 6.40. The van der Waals surface area contributed by atoms with Gasteiger partial charge in [-0.25, -0.2) is 9.69 Å². The van der Waals surface area contributed by atoms with Gasteiger partial charge in [-0.05, 0) is 18.3 Å². The maximum Gasteiger partial charge on any atom is 0.416 e. The highest BCUT2D eigenvalue weighted by atomic mass is 16.6. The first-order valence-electron chi connectivity index (χ1n) is 7.58. The average molecular weight is 267 g/mol. The minimum Gasteiger partial charge on any atom is -0.447 e. The molecule has 1 aliphatic heterocycles. The molecule has 0 unspecified atom stereocenters. The number of imide groups is 1. The van der Waals surface area contributed by atoms with Crippen molar-refractivity contribution in [2.75, 3.05) is 6.61 Å². The van der Waals surface area contributed by atoms with Gasteiger partial charge in [0.15, 0.2) is 0 Å². The van der Waals surface area contributed by atoms with Crippen LogP contribution in [0.2, 0.25) is 0 Å². The number of rotatable bonds is 4. The fourth-order valence-electron chi connectivity index (χ4n) is 3.14. The van der Waals surface area contributed by atoms with Crippen LogP contribution in [-0.4, -0.2) is 29.5 Å². The van der Waals surface area contributed by atoms with E-state index in [1.807, 2.05) is 13.8 Å². The molecular formula is C15H25NO3. The Hall–Kier alpha value is -1.06. The van der Waals surface area contributed by atoms with E-state index in [2.05, 4.69) is 0 Å². The van der Waals surface area contributed by atoms with Gasteiger partial charge in [0.2, 0.25) is 5.91 Å². The number of hydrogen-bond acceptors (Lipinski definition) is 3. The van der Waals surface area contributed by atoms with Gasteiger partial charge >= 0.3 is 6.09 Å². The molecule has 2 amide bonds. The van der Waals surface area contributed by atoms with Gasteiger partial charge in [0, 0.05) is 6.42 Å². The van der Waals surface area contributed by atoms with Gasteiger partial charge in [0.05, 0.1) is 6.04 Å². The predicted molar refractivity (Wildman–Crippen MR) is 72.6 cm³/mol. The van der Waals surface area contributed by atoms with Crippen molar-refractivity contribution >= 4 is 12.0 Å². The summed E-state index contributed by atoms with van der Waals surface area (Å²) >= 11 is 0. The van der Waals surface area contributed by atoms with Gasteiger partial charge < -0.3 is 4.74 Å². The minimum atomic E-state index is -0.452. The molecule has 4 heteroatoms. The van der Waals surface area contributed by atoms with Crippen LogP contribution in [-0.2, 0) is 9.53 Å². The summed E-state index contributed by atoms with van der Waals surface area (Å²) in [5.41, 5.74) is 0. The Morgan fingerprint density at radius 3 is 2.63 bits per heavy atom. The van der Waals surface area contributed by atoms with Gasteiger partial charge in [0.1, 0.15) is 6.61 Å². The van der Waals surface area contributed by atoms with Crippen molar-refractivity contribution in [1.82, 2.24) is 4.90 Å². The monoisotopic (exact) mass is 267 g/mol. The Labute approximate surface area is 115 Å². The summed E-state index contributed by atoms with van der Waals surface area (Å²) in [6.07, 6.45) is 7.36. The maximum atomic E-state index is 12.2. The van der Waals surface area contributed by atoms with Crippen molar-refractivity contribution in [2.45, 2.75) is 64.8 Å². The van der Waals surface area contributed by atoms with Crippen molar-refractivity contribution in [3.8, 4) is 0 Å². The van der Waals surface area contributed by atoms with Crippen LogP contribution < -0.4 is 0 Å². The van der Waals surface area contributed by atoms with Crippen LogP contribution in [0.1, 0.15) is 58.8 Å². The zero-order valence-corrected chi connectivity index (χ0v) is 12.1. The third kappa shape index (κ3) is 3.48. The highest BCUT2D eigenvalue weighted by molar-refractivity contribution is 5.93. The molecule has 2 fully saturated rings. The van der Waals surface area contributed by atoms with Crippen molar-refractivity contribution in [3.63, 3.8) is 0 Å². The summed E-state index contributed by atoms with van der Waals surface area (Å²) in [5, 5.41) is 0. The predicted octanol–water partition coefficient (Wildman–Crippen LogP) is 3.35. The normalized spacial score (nSPS) is 24.9. The molecular weight excluding hydrogens is 242 g/mol. The quantitative estimate of drug-likeness (QED) is 0.784. The average Bonchev–Trinajstić information content (AvgIpc) is 2.79. The molecule has 0 bridgehead atoms. The molecule has 0 spiro atoms. The third-order valence-corrected chi connectivity index (χ3v) is 4.44. The fraction of sp³-hybridized carbons (Fsp3) is 0.867. The van der Waals surface area contributed by atoms with E-state index in [1.54, 1.807) is 0 Å². The lowest BCUT2D eigenvalue weighted by atomic mass is 9.86. The van der Waals surface area contributed by atoms with Crippen molar-refractivity contribution in [3.05, 3.63) is 0 Å². The van der Waals surface area contributed by atoms with Gasteiger partial charge in [-0.1, -0.05) is 46.0 Å². The number of carbonyl (C=O) groups excluding carboxylic acids is 2. The molecule has 1 heterocycles. The van der Waals surface area contributed by atoms with E-state index in [0.29, 0.717) is 18.9 Å². The molecule has 1 aliphatic carbocycles. The van der Waals surface area contributed by atoms with Crippen molar-refractivity contribution in [1.29, 1.82) is 0 Å². The number of hydrogen-bond donors (Lipinski definition) is 0. The second-order valence-corrected chi connectivity index (χ2v) is 6.19. The summed E-state index contributed by atoms with van der Waals surface area (Å²) in [4.78, 5) is 25.3. The van der Waals surface area contributed by atoms with Crippen molar-refractivity contribution < 1.29 is 14.3 Å². The van der Waals surface area contributed by atoms with Crippen LogP contribution in [0.25, 0.3) is 0 Å². The van der Waals surface area contributed by atoms with Gasteiger partial charge in [-0.15, -0.1) is 0 Å². The Balaban J connectivity index is 1.85. The van der Waals surface area contributed by atoms with Crippen LogP contribution in [0.15, 0.2) is 0 Å². The number of carbonyl (C=O) groups is 2. The Bertz CT molecular complexity index is 334. The molecule has 0 aromatic heterocycles. The molecule has 2 rings (SSSR count). The van der Waals surface area contributed by atoms with Crippen LogP contribution in [0, 0.1) is 11.8 Å². The summed E-state index contributed by atoms with van der Waals surface area (Å²) < 4.78 is 5.02. The molecule has 1 saturated heterocycles. The summed E-state index contributed by atoms with van der Waals surface area (Å²) in [6, 6.07) is -0.0774. The van der Waals surface area contributed by atoms with E-state index in [0.717, 1.165) is 6.42 Å². The lowest BCUT2D eigenvalue weighted by molar-refractivity contribution is -0.130. The molecule has 19 heavy (non-hydrogen) atoms. The lowest BCUT2D eigenvalue weighted by Crippen LogP contribution is -2.41. The van der Waals surface area contributed by atoms with E-state index in [1.165, 1.54) is 37.0 Å². The first kappa shape index (κ1) is 14.4. The molecule has 1 atom stereocenters. The van der Waals surface area contributed by atoms with E-state index < -0.39 is 6.09 Å². The molecule has 0 N–H and O–H groups in total. The SMILES string of the molecule is CC(C)[C@H]1COC(=O)N1C(=O)CCC1CCCCC1. The van der Waals surface area contributed by atoms with Gasteiger partial charge in [0.25, 0.3) is 0 Å². The van der Waals surface area contributed by atoms with E-state index >= 15 is 0 Å². The lowest BCUT2D eigenvalue weighted by Gasteiger charge is -2.25. The van der Waals surface area contributed by atoms with E-state index in [9.17, 15) is 9.59 Å². The highest BCUT2D eigenvalue weighted by Crippen LogP contribution is 2.28.